The fourth-order valence-electron chi connectivity index (χ4n) is 1.93. The highest BCUT2D eigenvalue weighted by atomic mass is 79.9. The van der Waals surface area contributed by atoms with Crippen LogP contribution in [0.2, 0.25) is 5.02 Å². The first-order chi connectivity index (χ1) is 11.9. The highest BCUT2D eigenvalue weighted by molar-refractivity contribution is 9.10. The lowest BCUT2D eigenvalue weighted by Crippen LogP contribution is -2.17. The molecule has 0 aliphatic carbocycles. The highest BCUT2D eigenvalue weighted by Crippen LogP contribution is 2.37. The van der Waals surface area contributed by atoms with Crippen molar-refractivity contribution < 1.29 is 24.5 Å². The van der Waals surface area contributed by atoms with E-state index in [0.29, 0.717) is 15.1 Å². The molecular weight excluding hydrogens is 416 g/mol. The van der Waals surface area contributed by atoms with Gasteiger partial charge in [-0.2, -0.15) is 5.10 Å². The van der Waals surface area contributed by atoms with E-state index in [2.05, 4.69) is 26.5 Å². The van der Waals surface area contributed by atoms with Crippen LogP contribution in [0, 0.1) is 0 Å². The van der Waals surface area contributed by atoms with Crippen molar-refractivity contribution in [3.63, 3.8) is 0 Å². The van der Waals surface area contributed by atoms with Crippen molar-refractivity contribution in [2.24, 2.45) is 5.10 Å². The highest BCUT2D eigenvalue weighted by Gasteiger charge is 2.15. The second-order valence-electron chi connectivity index (χ2n) is 4.75. The molecule has 3 N–H and O–H groups in total. The van der Waals surface area contributed by atoms with E-state index in [0.717, 1.165) is 0 Å². The number of carbonyl (C=O) groups excluding carboxylic acids is 1. The summed E-state index contributed by atoms with van der Waals surface area (Å²) in [5.74, 6) is -0.655. The summed E-state index contributed by atoms with van der Waals surface area (Å²) in [7, 11) is 2.71. The number of hydrogen-bond acceptors (Lipinski definition) is 6. The number of phenols is 2. The first kappa shape index (κ1) is 18.9. The molecule has 0 fully saturated rings. The van der Waals surface area contributed by atoms with Crippen LogP contribution in [0.25, 0.3) is 0 Å². The third-order valence-corrected chi connectivity index (χ3v) is 3.99. The summed E-state index contributed by atoms with van der Waals surface area (Å²) in [5, 5.41) is 23.9. The van der Waals surface area contributed by atoms with E-state index in [-0.39, 0.29) is 28.6 Å². The maximum atomic E-state index is 12.2. The smallest absolute Gasteiger partial charge is 0.271 e. The van der Waals surface area contributed by atoms with Gasteiger partial charge in [0.05, 0.1) is 24.9 Å². The predicted molar refractivity (Wildman–Crippen MR) is 97.1 cm³/mol. The van der Waals surface area contributed by atoms with Gasteiger partial charge in [0.2, 0.25) is 5.75 Å². The lowest BCUT2D eigenvalue weighted by molar-refractivity contribution is 0.0954. The number of rotatable bonds is 5. The Labute approximate surface area is 157 Å². The number of halogens is 2. The lowest BCUT2D eigenvalue weighted by atomic mass is 10.1. The number of nitrogens with one attached hydrogen (secondary N) is 1. The third-order valence-electron chi connectivity index (χ3n) is 3.17. The molecule has 1 amide bonds. The summed E-state index contributed by atoms with van der Waals surface area (Å²) in [4.78, 5) is 12.2. The van der Waals surface area contributed by atoms with E-state index >= 15 is 0 Å². The van der Waals surface area contributed by atoms with Crippen LogP contribution < -0.4 is 14.9 Å². The number of hydrazone groups is 1. The second-order valence-corrected chi connectivity index (χ2v) is 6.04. The predicted octanol–water partition coefficient (Wildman–Crippen LogP) is 3.29. The molecule has 0 aromatic heterocycles. The van der Waals surface area contributed by atoms with Crippen molar-refractivity contribution in [1.29, 1.82) is 0 Å². The normalized spacial score (nSPS) is 10.7. The summed E-state index contributed by atoms with van der Waals surface area (Å²) < 4.78 is 10.4. The molecule has 2 aromatic rings. The van der Waals surface area contributed by atoms with E-state index in [4.69, 9.17) is 21.1 Å². The van der Waals surface area contributed by atoms with Crippen molar-refractivity contribution in [1.82, 2.24) is 5.43 Å². The van der Waals surface area contributed by atoms with Crippen LogP contribution in [-0.2, 0) is 0 Å². The number of methoxy groups -OCH3 is 2. The average Bonchev–Trinajstić information content (AvgIpc) is 2.59. The number of carbonyl (C=O) groups is 1. The number of ether oxygens (including phenoxy) is 2. The van der Waals surface area contributed by atoms with Crippen molar-refractivity contribution >= 4 is 39.7 Å². The van der Waals surface area contributed by atoms with Gasteiger partial charge in [-0.3, -0.25) is 4.79 Å². The molecule has 0 saturated carbocycles. The second kappa shape index (κ2) is 8.09. The molecule has 9 heteroatoms. The Bertz CT molecular complexity index is 817. The Balaban J connectivity index is 2.21. The van der Waals surface area contributed by atoms with Crippen LogP contribution in [0.4, 0.5) is 0 Å². The molecule has 0 aliphatic heterocycles. The van der Waals surface area contributed by atoms with Crippen molar-refractivity contribution in [3.8, 4) is 23.0 Å². The lowest BCUT2D eigenvalue weighted by Gasteiger charge is -2.10. The number of phenolic OH excluding ortho intramolecular Hbond substituents is 2. The zero-order valence-corrected chi connectivity index (χ0v) is 15.6. The zero-order chi connectivity index (χ0) is 18.6. The minimum Gasteiger partial charge on any atom is -0.506 e. The minimum atomic E-state index is -0.562. The van der Waals surface area contributed by atoms with Gasteiger partial charge in [-0.1, -0.05) is 11.6 Å². The number of hydrogen-bond donors (Lipinski definition) is 3. The van der Waals surface area contributed by atoms with E-state index in [1.165, 1.54) is 44.7 Å². The summed E-state index contributed by atoms with van der Waals surface area (Å²) in [5.41, 5.74) is 2.79. The Morgan fingerprint density at radius 1 is 1.16 bits per heavy atom. The molecule has 0 spiro atoms. The van der Waals surface area contributed by atoms with Crippen LogP contribution in [0.15, 0.2) is 33.8 Å². The van der Waals surface area contributed by atoms with Crippen LogP contribution in [0.1, 0.15) is 15.9 Å². The van der Waals surface area contributed by atoms with Gasteiger partial charge in [0, 0.05) is 16.1 Å². The van der Waals surface area contributed by atoms with Gasteiger partial charge in [-0.25, -0.2) is 5.43 Å². The molecule has 2 aromatic carbocycles. The van der Waals surface area contributed by atoms with Crippen LogP contribution in [0.5, 0.6) is 23.0 Å². The molecule has 2 rings (SSSR count). The van der Waals surface area contributed by atoms with E-state index in [9.17, 15) is 15.0 Å². The zero-order valence-electron chi connectivity index (χ0n) is 13.2. The van der Waals surface area contributed by atoms with Crippen molar-refractivity contribution in [3.05, 3.63) is 44.9 Å². The van der Waals surface area contributed by atoms with Gasteiger partial charge < -0.3 is 19.7 Å². The molecule has 25 heavy (non-hydrogen) atoms. The van der Waals surface area contributed by atoms with Crippen molar-refractivity contribution in [2.45, 2.75) is 0 Å². The summed E-state index contributed by atoms with van der Waals surface area (Å²) in [6.45, 7) is 0. The van der Waals surface area contributed by atoms with E-state index < -0.39 is 5.91 Å². The Kier molecular flexibility index (Phi) is 6.11. The van der Waals surface area contributed by atoms with Crippen LogP contribution in [0.3, 0.4) is 0 Å². The van der Waals surface area contributed by atoms with Crippen LogP contribution >= 0.6 is 27.5 Å². The fraction of sp³-hybridized carbons (Fsp3) is 0.125. The fourth-order valence-corrected chi connectivity index (χ4v) is 2.77. The summed E-state index contributed by atoms with van der Waals surface area (Å²) in [6, 6.07) is 5.71. The molecule has 0 heterocycles. The van der Waals surface area contributed by atoms with E-state index in [1.807, 2.05) is 0 Å². The molecule has 0 atom stereocenters. The first-order valence-corrected chi connectivity index (χ1v) is 8.00. The Hall–Kier alpha value is -2.45. The third kappa shape index (κ3) is 4.34. The molecule has 0 saturated heterocycles. The largest absolute Gasteiger partial charge is 0.506 e. The quantitative estimate of drug-likeness (QED) is 0.500. The Morgan fingerprint density at radius 2 is 1.76 bits per heavy atom. The molecule has 0 aliphatic rings. The topological polar surface area (TPSA) is 100 Å². The van der Waals surface area contributed by atoms with Crippen molar-refractivity contribution in [2.75, 3.05) is 14.2 Å². The molecule has 0 unspecified atom stereocenters. The number of nitrogens with zero attached hydrogens (tertiary/aromatic N) is 1. The number of amides is 1. The molecule has 132 valence electrons. The monoisotopic (exact) mass is 428 g/mol. The first-order valence-electron chi connectivity index (χ1n) is 6.83. The van der Waals surface area contributed by atoms with Gasteiger partial charge in [0.1, 0.15) is 5.75 Å². The van der Waals surface area contributed by atoms with E-state index in [1.54, 1.807) is 0 Å². The van der Waals surface area contributed by atoms with Crippen LogP contribution in [-0.4, -0.2) is 36.6 Å². The SMILES string of the molecule is COc1cc(C(=O)NN=Cc2cc(Cl)cc(Br)c2O)cc(OC)c1O. The standard InChI is InChI=1S/C16H14BrClN2O5/c1-24-12-4-8(5-13(25-2)15(12)22)16(23)20-19-7-9-3-10(18)6-11(17)14(9)21/h3-7,21-22H,1-2H3,(H,20,23). The van der Waals surface area contributed by atoms with Gasteiger partial charge in [-0.05, 0) is 40.2 Å². The van der Waals surface area contributed by atoms with Gasteiger partial charge in [0.15, 0.2) is 11.5 Å². The maximum absolute atomic E-state index is 12.2. The average molecular weight is 430 g/mol. The molecular formula is C16H14BrClN2O5. The molecule has 0 bridgehead atoms. The molecule has 7 nitrogen and oxygen atoms in total. The Morgan fingerprint density at radius 3 is 2.32 bits per heavy atom. The number of aromatic hydroxyl groups is 2. The number of benzene rings is 2. The summed E-state index contributed by atoms with van der Waals surface area (Å²) in [6.07, 6.45) is 1.25. The molecule has 0 radical (unpaired) electrons. The van der Waals surface area contributed by atoms with Gasteiger partial charge in [-0.15, -0.1) is 0 Å². The summed E-state index contributed by atoms with van der Waals surface area (Å²) >= 11 is 9.06. The van der Waals surface area contributed by atoms with Gasteiger partial charge >= 0.3 is 0 Å². The minimum absolute atomic E-state index is 0.0598. The maximum Gasteiger partial charge on any atom is 0.271 e. The van der Waals surface area contributed by atoms with Gasteiger partial charge in [0.25, 0.3) is 5.91 Å².